The molecule has 1 aliphatic heterocycles. The van der Waals surface area contributed by atoms with E-state index in [2.05, 4.69) is 17.9 Å². The van der Waals surface area contributed by atoms with Gasteiger partial charge in [-0.1, -0.05) is 0 Å². The van der Waals surface area contributed by atoms with Crippen LogP contribution in [0.3, 0.4) is 0 Å². The number of hydrogen-bond acceptors (Lipinski definition) is 6. The molecule has 0 saturated carbocycles. The van der Waals surface area contributed by atoms with E-state index in [9.17, 15) is 15.0 Å². The van der Waals surface area contributed by atoms with Gasteiger partial charge in [0.15, 0.2) is 0 Å². The molecule has 3 atom stereocenters. The second-order valence-electron chi connectivity index (χ2n) is 3.39. The quantitative estimate of drug-likeness (QED) is 0.386. The van der Waals surface area contributed by atoms with E-state index in [4.69, 9.17) is 9.84 Å². The average molecular weight is 249 g/mol. The lowest BCUT2D eigenvalue weighted by Gasteiger charge is -2.31. The minimum absolute atomic E-state index is 0.0870. The molecule has 1 rings (SSSR count). The van der Waals surface area contributed by atoms with Crippen molar-refractivity contribution in [3.05, 3.63) is 12.0 Å². The van der Waals surface area contributed by atoms with Crippen LogP contribution in [0.1, 0.15) is 6.42 Å². The van der Waals surface area contributed by atoms with E-state index in [-0.39, 0.29) is 18.0 Å². The first-order chi connectivity index (χ1) is 7.60. The van der Waals surface area contributed by atoms with E-state index in [1.165, 1.54) is 0 Å². The van der Waals surface area contributed by atoms with Gasteiger partial charge in [0.05, 0.1) is 12.3 Å². The molecule has 1 amide bonds. The lowest BCUT2D eigenvalue weighted by Crippen LogP contribution is -2.48. The van der Waals surface area contributed by atoms with Crippen molar-refractivity contribution in [3.8, 4) is 0 Å². The molecule has 1 aliphatic rings. The van der Waals surface area contributed by atoms with Gasteiger partial charge in [-0.25, -0.2) is 0 Å². The summed E-state index contributed by atoms with van der Waals surface area (Å²) >= 11 is 3.89. The van der Waals surface area contributed by atoms with Crippen molar-refractivity contribution in [1.29, 1.82) is 0 Å². The smallest absolute Gasteiger partial charge is 0.225 e. The molecule has 0 aromatic carbocycles. The topological polar surface area (TPSA) is 99.0 Å². The van der Waals surface area contributed by atoms with Gasteiger partial charge in [0.1, 0.15) is 24.6 Å². The largest absolute Gasteiger partial charge is 0.491 e. The number of carbonyl (C=O) groups is 1. The van der Waals surface area contributed by atoms with Crippen LogP contribution < -0.4 is 5.32 Å². The van der Waals surface area contributed by atoms with Crippen LogP contribution in [0.25, 0.3) is 0 Å². The molecule has 0 aromatic heterocycles. The standard InChI is InChI=1S/C9H15NO5S/c11-3-6-9(14)8(13)5(4-15-6)10-7(12)1-2-16/h4,6,8-9,11,13-14,16H,1-3H2,(H,10,12)/t6?,8?,9-/m1/s1. The van der Waals surface area contributed by atoms with Crippen molar-refractivity contribution >= 4 is 18.5 Å². The molecular weight excluding hydrogens is 234 g/mol. The Hall–Kier alpha value is -0.760. The molecule has 4 N–H and O–H groups in total. The number of rotatable bonds is 4. The van der Waals surface area contributed by atoms with Gasteiger partial charge in [-0.3, -0.25) is 4.79 Å². The molecule has 0 aromatic rings. The van der Waals surface area contributed by atoms with E-state index < -0.39 is 24.9 Å². The third-order valence-electron chi connectivity index (χ3n) is 2.20. The lowest BCUT2D eigenvalue weighted by atomic mass is 10.0. The van der Waals surface area contributed by atoms with Crippen molar-refractivity contribution in [2.75, 3.05) is 12.4 Å². The van der Waals surface area contributed by atoms with E-state index in [0.29, 0.717) is 5.75 Å². The SMILES string of the molecule is O=C(CCS)NC1=COC(CO)[C@@H](O)C1O. The van der Waals surface area contributed by atoms with Gasteiger partial charge in [-0.15, -0.1) is 0 Å². The minimum Gasteiger partial charge on any atom is -0.491 e. The minimum atomic E-state index is -1.27. The normalized spacial score (nSPS) is 29.2. The molecule has 1 heterocycles. The summed E-state index contributed by atoms with van der Waals surface area (Å²) in [7, 11) is 0. The monoisotopic (exact) mass is 249 g/mol. The molecule has 92 valence electrons. The summed E-state index contributed by atoms with van der Waals surface area (Å²) in [5, 5.41) is 30.3. The summed E-state index contributed by atoms with van der Waals surface area (Å²) in [6.07, 6.45) is -2.07. The highest BCUT2D eigenvalue weighted by Gasteiger charge is 2.34. The van der Waals surface area contributed by atoms with Gasteiger partial charge in [0.2, 0.25) is 5.91 Å². The second-order valence-corrected chi connectivity index (χ2v) is 3.83. The Kier molecular flexibility index (Phi) is 5.07. The fourth-order valence-electron chi connectivity index (χ4n) is 1.28. The lowest BCUT2D eigenvalue weighted by molar-refractivity contribution is -0.122. The Morgan fingerprint density at radius 2 is 2.25 bits per heavy atom. The van der Waals surface area contributed by atoms with Crippen LogP contribution >= 0.6 is 12.6 Å². The highest BCUT2D eigenvalue weighted by molar-refractivity contribution is 7.80. The number of amides is 1. The zero-order chi connectivity index (χ0) is 12.1. The molecule has 0 saturated heterocycles. The number of nitrogens with one attached hydrogen (secondary N) is 1. The Labute approximate surface area is 98.3 Å². The molecule has 2 unspecified atom stereocenters. The third kappa shape index (κ3) is 3.11. The highest BCUT2D eigenvalue weighted by atomic mass is 32.1. The van der Waals surface area contributed by atoms with Crippen LogP contribution in [0.15, 0.2) is 12.0 Å². The summed E-state index contributed by atoms with van der Waals surface area (Å²) in [5.74, 6) is 0.0660. The predicted octanol–water partition coefficient (Wildman–Crippen LogP) is -1.62. The maximum atomic E-state index is 11.2. The molecule has 0 fully saturated rings. The summed E-state index contributed by atoms with van der Waals surface area (Å²) in [6.45, 7) is -0.410. The maximum absolute atomic E-state index is 11.2. The highest BCUT2D eigenvalue weighted by Crippen LogP contribution is 2.17. The molecule has 7 heteroatoms. The summed E-state index contributed by atoms with van der Waals surface area (Å²) in [4.78, 5) is 11.2. The Morgan fingerprint density at radius 1 is 1.56 bits per heavy atom. The molecule has 0 aliphatic carbocycles. The fourth-order valence-corrected chi connectivity index (χ4v) is 1.48. The van der Waals surface area contributed by atoms with Gasteiger partial charge in [-0.05, 0) is 5.75 Å². The number of ether oxygens (including phenoxy) is 1. The summed E-state index contributed by atoms with van der Waals surface area (Å²) in [6, 6.07) is 0. The Morgan fingerprint density at radius 3 is 2.81 bits per heavy atom. The summed E-state index contributed by atoms with van der Waals surface area (Å²) in [5.41, 5.74) is 0.0870. The van der Waals surface area contributed by atoms with Gasteiger partial charge < -0.3 is 25.4 Å². The van der Waals surface area contributed by atoms with Crippen LogP contribution in [0.4, 0.5) is 0 Å². The third-order valence-corrected chi connectivity index (χ3v) is 2.42. The van der Waals surface area contributed by atoms with E-state index in [1.54, 1.807) is 0 Å². The van der Waals surface area contributed by atoms with Crippen LogP contribution in [0.5, 0.6) is 0 Å². The molecule has 0 radical (unpaired) electrons. The van der Waals surface area contributed by atoms with Crippen molar-refractivity contribution in [2.45, 2.75) is 24.7 Å². The number of thiol groups is 1. The number of aliphatic hydroxyl groups is 3. The zero-order valence-corrected chi connectivity index (χ0v) is 9.43. The van der Waals surface area contributed by atoms with Gasteiger partial charge in [-0.2, -0.15) is 12.6 Å². The van der Waals surface area contributed by atoms with Crippen LogP contribution in [-0.4, -0.2) is 51.9 Å². The molecule has 0 bridgehead atoms. The number of carbonyl (C=O) groups excluding carboxylic acids is 1. The van der Waals surface area contributed by atoms with Gasteiger partial charge >= 0.3 is 0 Å². The molecule has 6 nitrogen and oxygen atoms in total. The predicted molar refractivity (Wildman–Crippen MR) is 58.7 cm³/mol. The van der Waals surface area contributed by atoms with Crippen molar-refractivity contribution < 1.29 is 24.9 Å². The number of aliphatic hydroxyl groups excluding tert-OH is 3. The second kappa shape index (κ2) is 6.09. The maximum Gasteiger partial charge on any atom is 0.225 e. The first-order valence-corrected chi connectivity index (χ1v) is 5.46. The Bertz CT molecular complexity index is 283. The van der Waals surface area contributed by atoms with Crippen molar-refractivity contribution in [2.24, 2.45) is 0 Å². The summed E-state index contributed by atoms with van der Waals surface area (Å²) < 4.78 is 4.95. The fraction of sp³-hybridized carbons (Fsp3) is 0.667. The van der Waals surface area contributed by atoms with Gasteiger partial charge in [0, 0.05) is 6.42 Å². The molecular formula is C9H15NO5S. The van der Waals surface area contributed by atoms with Gasteiger partial charge in [0.25, 0.3) is 0 Å². The van der Waals surface area contributed by atoms with Crippen LogP contribution in [0, 0.1) is 0 Å². The van der Waals surface area contributed by atoms with E-state index >= 15 is 0 Å². The molecule has 16 heavy (non-hydrogen) atoms. The molecule has 0 spiro atoms. The number of hydrogen-bond donors (Lipinski definition) is 5. The zero-order valence-electron chi connectivity index (χ0n) is 8.54. The first kappa shape index (κ1) is 13.3. The average Bonchev–Trinajstić information content (AvgIpc) is 2.25. The first-order valence-electron chi connectivity index (χ1n) is 4.83. The van der Waals surface area contributed by atoms with E-state index in [0.717, 1.165) is 6.26 Å². The van der Waals surface area contributed by atoms with Crippen molar-refractivity contribution in [3.63, 3.8) is 0 Å². The van der Waals surface area contributed by atoms with E-state index in [1.807, 2.05) is 0 Å². The van der Waals surface area contributed by atoms with Crippen LogP contribution in [-0.2, 0) is 9.53 Å². The van der Waals surface area contributed by atoms with Crippen LogP contribution in [0.2, 0.25) is 0 Å². The van der Waals surface area contributed by atoms with Crippen molar-refractivity contribution in [1.82, 2.24) is 5.32 Å². The Balaban J connectivity index is 2.61.